The second-order valence-corrected chi connectivity index (χ2v) is 8.76. The first-order valence-electron chi connectivity index (χ1n) is 11.2. The molecule has 2 amide bonds. The van der Waals surface area contributed by atoms with Gasteiger partial charge in [-0.15, -0.1) is 0 Å². The van der Waals surface area contributed by atoms with Crippen LogP contribution in [0.25, 0.3) is 22.0 Å². The minimum absolute atomic E-state index is 0.0795. The standard InChI is InChI=1S/C25H26N4O4/c1-15-10-16(2)23-17(11-15)12-19(27-23)24(31)26-18-6-7-21-20(13-18)29(25(32)33-21)14-22(30)28-8-4-3-5-9-28/h6-7,10-13,27H,3-5,8-9,14H2,1-2H3,(H,26,31). The van der Waals surface area contributed by atoms with E-state index in [1.165, 1.54) is 4.57 Å². The van der Waals surface area contributed by atoms with Gasteiger partial charge in [0.25, 0.3) is 5.91 Å². The fourth-order valence-corrected chi connectivity index (χ4v) is 4.60. The van der Waals surface area contributed by atoms with Crippen molar-refractivity contribution in [1.82, 2.24) is 14.5 Å². The van der Waals surface area contributed by atoms with E-state index in [-0.39, 0.29) is 18.4 Å². The number of nitrogens with one attached hydrogen (secondary N) is 2. The van der Waals surface area contributed by atoms with Gasteiger partial charge in [-0.25, -0.2) is 4.79 Å². The van der Waals surface area contributed by atoms with Crippen LogP contribution in [0, 0.1) is 13.8 Å². The van der Waals surface area contributed by atoms with Crippen LogP contribution in [0.4, 0.5) is 5.69 Å². The molecule has 0 spiro atoms. The van der Waals surface area contributed by atoms with E-state index in [1.54, 1.807) is 23.1 Å². The fourth-order valence-electron chi connectivity index (χ4n) is 4.60. The summed E-state index contributed by atoms with van der Waals surface area (Å²) in [5, 5.41) is 3.86. The second kappa shape index (κ2) is 8.27. The number of hydrogen-bond acceptors (Lipinski definition) is 4. The molecule has 0 aliphatic carbocycles. The topological polar surface area (TPSA) is 100 Å². The van der Waals surface area contributed by atoms with Crippen LogP contribution in [0.15, 0.2) is 45.6 Å². The van der Waals surface area contributed by atoms with E-state index in [2.05, 4.69) is 16.4 Å². The third kappa shape index (κ3) is 4.04. The molecule has 0 saturated carbocycles. The van der Waals surface area contributed by atoms with Gasteiger partial charge in [0.1, 0.15) is 12.2 Å². The zero-order valence-corrected chi connectivity index (χ0v) is 18.7. The van der Waals surface area contributed by atoms with Crippen molar-refractivity contribution in [2.75, 3.05) is 18.4 Å². The average Bonchev–Trinajstić information content (AvgIpc) is 3.36. The predicted molar refractivity (Wildman–Crippen MR) is 127 cm³/mol. The highest BCUT2D eigenvalue weighted by atomic mass is 16.4. The number of carbonyl (C=O) groups is 2. The van der Waals surface area contributed by atoms with Crippen LogP contribution in [0.2, 0.25) is 0 Å². The van der Waals surface area contributed by atoms with E-state index in [0.717, 1.165) is 41.3 Å². The number of anilines is 1. The first-order chi connectivity index (χ1) is 15.9. The highest BCUT2D eigenvalue weighted by Gasteiger charge is 2.20. The largest absolute Gasteiger partial charge is 0.420 e. The number of likely N-dealkylation sites (tertiary alicyclic amines) is 1. The Kier molecular flexibility index (Phi) is 5.28. The Balaban J connectivity index is 1.40. The van der Waals surface area contributed by atoms with Gasteiger partial charge in [0, 0.05) is 29.7 Å². The van der Waals surface area contributed by atoms with Crippen LogP contribution in [0.1, 0.15) is 40.9 Å². The van der Waals surface area contributed by atoms with Crippen molar-refractivity contribution < 1.29 is 14.0 Å². The molecule has 0 atom stereocenters. The van der Waals surface area contributed by atoms with Crippen molar-refractivity contribution in [2.45, 2.75) is 39.7 Å². The number of hydrogen-bond donors (Lipinski definition) is 2. The van der Waals surface area contributed by atoms with Crippen LogP contribution in [-0.2, 0) is 11.3 Å². The number of benzene rings is 2. The number of oxazole rings is 1. The monoisotopic (exact) mass is 446 g/mol. The first kappa shape index (κ1) is 21.1. The Morgan fingerprint density at radius 3 is 2.64 bits per heavy atom. The molecule has 3 heterocycles. The molecule has 2 N–H and O–H groups in total. The van der Waals surface area contributed by atoms with Gasteiger partial charge in [-0.2, -0.15) is 0 Å². The highest BCUT2D eigenvalue weighted by molar-refractivity contribution is 6.06. The summed E-state index contributed by atoms with van der Waals surface area (Å²) in [5.41, 5.74) is 4.95. The Bertz CT molecular complexity index is 1440. The van der Waals surface area contributed by atoms with E-state index in [4.69, 9.17) is 4.42 Å². The van der Waals surface area contributed by atoms with Crippen molar-refractivity contribution in [3.05, 3.63) is 63.8 Å². The molecular weight excluding hydrogens is 420 g/mol. The number of aryl methyl sites for hydroxylation is 2. The molecule has 1 saturated heterocycles. The van der Waals surface area contributed by atoms with Crippen molar-refractivity contribution in [3.8, 4) is 0 Å². The molecule has 0 unspecified atom stereocenters. The molecule has 0 radical (unpaired) electrons. The number of nitrogens with zero attached hydrogens (tertiary/aromatic N) is 2. The average molecular weight is 447 g/mol. The highest BCUT2D eigenvalue weighted by Crippen LogP contribution is 2.23. The molecule has 8 heteroatoms. The Hall–Kier alpha value is -3.81. The molecule has 8 nitrogen and oxygen atoms in total. The van der Waals surface area contributed by atoms with Gasteiger partial charge < -0.3 is 19.6 Å². The number of amides is 2. The lowest BCUT2D eigenvalue weighted by atomic mass is 10.1. The normalized spacial score (nSPS) is 14.2. The van der Waals surface area contributed by atoms with E-state index in [0.29, 0.717) is 35.6 Å². The summed E-state index contributed by atoms with van der Waals surface area (Å²) in [6.45, 7) is 5.38. The first-order valence-corrected chi connectivity index (χ1v) is 11.2. The zero-order valence-electron chi connectivity index (χ0n) is 18.7. The maximum atomic E-state index is 12.9. The van der Waals surface area contributed by atoms with E-state index < -0.39 is 5.76 Å². The number of fused-ring (bicyclic) bond motifs is 2. The smallest absolute Gasteiger partial charge is 0.408 e. The maximum absolute atomic E-state index is 12.9. The Morgan fingerprint density at radius 1 is 1.06 bits per heavy atom. The third-order valence-electron chi connectivity index (χ3n) is 6.24. The van der Waals surface area contributed by atoms with E-state index >= 15 is 0 Å². The van der Waals surface area contributed by atoms with E-state index in [9.17, 15) is 14.4 Å². The van der Waals surface area contributed by atoms with E-state index in [1.807, 2.05) is 26.0 Å². The van der Waals surface area contributed by atoms with Crippen molar-refractivity contribution in [3.63, 3.8) is 0 Å². The Morgan fingerprint density at radius 2 is 1.85 bits per heavy atom. The van der Waals surface area contributed by atoms with Gasteiger partial charge in [0.15, 0.2) is 5.58 Å². The summed E-state index contributed by atoms with van der Waals surface area (Å²) in [5.74, 6) is -0.970. The van der Waals surface area contributed by atoms with Gasteiger partial charge in [-0.1, -0.05) is 11.6 Å². The lowest BCUT2D eigenvalue weighted by Gasteiger charge is -2.26. The zero-order chi connectivity index (χ0) is 23.1. The molecule has 2 aromatic heterocycles. The quantitative estimate of drug-likeness (QED) is 0.496. The van der Waals surface area contributed by atoms with Crippen LogP contribution in [-0.4, -0.2) is 39.4 Å². The van der Waals surface area contributed by atoms with Gasteiger partial charge >= 0.3 is 5.76 Å². The molecule has 2 aromatic carbocycles. The number of aromatic nitrogens is 2. The summed E-state index contributed by atoms with van der Waals surface area (Å²) < 4.78 is 6.64. The SMILES string of the molecule is Cc1cc(C)c2[nH]c(C(=O)Nc3ccc4oc(=O)n(CC(=O)N5CCCCC5)c4c3)cc2c1. The van der Waals surface area contributed by atoms with Crippen LogP contribution >= 0.6 is 0 Å². The van der Waals surface area contributed by atoms with Gasteiger partial charge in [-0.3, -0.25) is 14.2 Å². The lowest BCUT2D eigenvalue weighted by Crippen LogP contribution is -2.39. The van der Waals surface area contributed by atoms with Gasteiger partial charge in [0.2, 0.25) is 5.91 Å². The number of rotatable bonds is 4. The summed E-state index contributed by atoms with van der Waals surface area (Å²) >= 11 is 0. The van der Waals surface area contributed by atoms with Crippen LogP contribution in [0.3, 0.4) is 0 Å². The number of carbonyl (C=O) groups excluding carboxylic acids is 2. The second-order valence-electron chi connectivity index (χ2n) is 8.76. The summed E-state index contributed by atoms with van der Waals surface area (Å²) in [6, 6.07) is 10.9. The molecule has 170 valence electrons. The molecule has 33 heavy (non-hydrogen) atoms. The molecular formula is C25H26N4O4. The minimum atomic E-state index is -0.583. The molecule has 0 bridgehead atoms. The summed E-state index contributed by atoms with van der Waals surface area (Å²) in [4.78, 5) is 43.0. The fraction of sp³-hybridized carbons (Fsp3) is 0.320. The van der Waals surface area contributed by atoms with Gasteiger partial charge in [-0.05, 0) is 69.0 Å². The van der Waals surface area contributed by atoms with Crippen molar-refractivity contribution >= 4 is 39.5 Å². The van der Waals surface area contributed by atoms with Crippen molar-refractivity contribution in [2.24, 2.45) is 0 Å². The summed E-state index contributed by atoms with van der Waals surface area (Å²) in [7, 11) is 0. The molecule has 1 aliphatic rings. The predicted octanol–water partition coefficient (Wildman–Crippen LogP) is 3.96. The number of aromatic amines is 1. The summed E-state index contributed by atoms with van der Waals surface area (Å²) in [6.07, 6.45) is 3.09. The number of piperidine rings is 1. The number of H-pyrrole nitrogens is 1. The van der Waals surface area contributed by atoms with Crippen LogP contribution < -0.4 is 11.1 Å². The molecule has 4 aromatic rings. The van der Waals surface area contributed by atoms with Crippen molar-refractivity contribution in [1.29, 1.82) is 0 Å². The lowest BCUT2D eigenvalue weighted by molar-refractivity contribution is -0.132. The van der Waals surface area contributed by atoms with Crippen LogP contribution in [0.5, 0.6) is 0 Å². The minimum Gasteiger partial charge on any atom is -0.408 e. The van der Waals surface area contributed by atoms with Gasteiger partial charge in [0.05, 0.1) is 5.52 Å². The third-order valence-corrected chi connectivity index (χ3v) is 6.24. The molecule has 1 aliphatic heterocycles. The molecule has 1 fully saturated rings. The Labute approximate surface area is 190 Å². The maximum Gasteiger partial charge on any atom is 0.420 e. The molecule has 5 rings (SSSR count).